The van der Waals surface area contributed by atoms with Gasteiger partial charge in [0.15, 0.2) is 0 Å². The second kappa shape index (κ2) is 11.1. The number of piperazine rings is 1. The molecular formula is C27H38N6O3. The van der Waals surface area contributed by atoms with Crippen LogP contribution in [-0.2, 0) is 14.4 Å². The molecule has 36 heavy (non-hydrogen) atoms. The smallest absolute Gasteiger partial charge is 0.270 e. The summed E-state index contributed by atoms with van der Waals surface area (Å²) in [6, 6.07) is 6.35. The highest BCUT2D eigenvalue weighted by Gasteiger charge is 2.28. The van der Waals surface area contributed by atoms with Crippen LogP contribution in [0.3, 0.4) is 0 Å². The van der Waals surface area contributed by atoms with Gasteiger partial charge in [-0.25, -0.2) is 0 Å². The van der Waals surface area contributed by atoms with Crippen molar-refractivity contribution in [1.82, 2.24) is 14.7 Å². The van der Waals surface area contributed by atoms with Crippen molar-refractivity contribution in [1.29, 1.82) is 0 Å². The number of benzene rings is 1. The molecule has 0 atom stereocenters. The van der Waals surface area contributed by atoms with Gasteiger partial charge in [0, 0.05) is 76.3 Å². The molecule has 0 bridgehead atoms. The molecule has 9 nitrogen and oxygen atoms in total. The minimum Gasteiger partial charge on any atom is -0.394 e. The summed E-state index contributed by atoms with van der Waals surface area (Å²) in [6.45, 7) is 8.61. The predicted molar refractivity (Wildman–Crippen MR) is 141 cm³/mol. The Morgan fingerprint density at radius 1 is 0.944 bits per heavy atom. The molecule has 9 heteroatoms. The molecule has 4 rings (SSSR count). The summed E-state index contributed by atoms with van der Waals surface area (Å²) >= 11 is 0. The first kappa shape index (κ1) is 25.7. The number of likely N-dealkylation sites (N-methyl/N-ethyl adjacent to an activating group) is 1. The zero-order valence-electron chi connectivity index (χ0n) is 21.8. The molecule has 1 aliphatic carbocycles. The number of anilines is 1. The maximum atomic E-state index is 13.1. The van der Waals surface area contributed by atoms with Crippen LogP contribution < -0.4 is 10.6 Å². The summed E-state index contributed by atoms with van der Waals surface area (Å²) in [5, 5.41) is 0. The first-order chi connectivity index (χ1) is 17.3. The summed E-state index contributed by atoms with van der Waals surface area (Å²) in [6.07, 6.45) is 2.58. The topological polar surface area (TPSA) is 103 Å². The fraction of sp³-hybridized carbons (Fsp3) is 0.556. The molecule has 2 aliphatic heterocycles. The maximum Gasteiger partial charge on any atom is 0.270 e. The molecule has 1 saturated carbocycles. The Bertz CT molecular complexity index is 1090. The molecule has 0 unspecified atom stereocenters. The molecule has 2 saturated heterocycles. The summed E-state index contributed by atoms with van der Waals surface area (Å²) in [5.41, 5.74) is 11.9. The quantitative estimate of drug-likeness (QED) is 0.639. The van der Waals surface area contributed by atoms with Gasteiger partial charge in [-0.3, -0.25) is 19.4 Å². The van der Waals surface area contributed by atoms with E-state index in [1.165, 1.54) is 16.8 Å². The average Bonchev–Trinajstić information content (AvgIpc) is 3.29. The molecule has 3 aliphatic rings. The lowest BCUT2D eigenvalue weighted by Crippen LogP contribution is -2.49. The number of carbonyl (C=O) groups is 3. The number of carbonyl (C=O) groups excluding carboxylic acids is 3. The number of hydrogen-bond acceptors (Lipinski definition) is 6. The van der Waals surface area contributed by atoms with E-state index in [4.69, 9.17) is 5.73 Å². The summed E-state index contributed by atoms with van der Waals surface area (Å²) in [5.74, 6) is -0.196. The van der Waals surface area contributed by atoms with Crippen molar-refractivity contribution in [3.8, 4) is 0 Å². The molecule has 1 aromatic carbocycles. The van der Waals surface area contributed by atoms with Crippen molar-refractivity contribution in [2.45, 2.75) is 39.5 Å². The summed E-state index contributed by atoms with van der Waals surface area (Å²) in [4.78, 5) is 50.1. The van der Waals surface area contributed by atoms with Crippen LogP contribution in [0.5, 0.6) is 0 Å². The number of nitrogens with zero attached hydrogens (tertiary/aromatic N) is 5. The standard InChI is InChI=1S/C27H38N6O3/c1-19-6-4-9-23(20(19)2)31-14-16-32(17-15-31)25(35)18-29-22-8-5-7-21(22)26(28)27(36)33-11-10-24(34)30(3)12-13-33/h4,6,9H,5,7-8,10-18,28H2,1-3H3. The average molecular weight is 495 g/mol. The lowest BCUT2D eigenvalue weighted by molar-refractivity contribution is -0.130. The second-order valence-corrected chi connectivity index (χ2v) is 9.95. The van der Waals surface area contributed by atoms with Crippen molar-refractivity contribution in [3.63, 3.8) is 0 Å². The van der Waals surface area contributed by atoms with Gasteiger partial charge in [-0.1, -0.05) is 12.1 Å². The summed E-state index contributed by atoms with van der Waals surface area (Å²) in [7, 11) is 1.75. The third-order valence-corrected chi connectivity index (χ3v) is 7.71. The molecule has 0 radical (unpaired) electrons. The first-order valence-corrected chi connectivity index (χ1v) is 12.9. The van der Waals surface area contributed by atoms with E-state index in [9.17, 15) is 14.4 Å². The van der Waals surface area contributed by atoms with E-state index in [0.29, 0.717) is 45.6 Å². The van der Waals surface area contributed by atoms with Crippen LogP contribution in [0, 0.1) is 13.8 Å². The van der Waals surface area contributed by atoms with Crippen LogP contribution in [-0.4, -0.2) is 97.5 Å². The van der Waals surface area contributed by atoms with Crippen molar-refractivity contribution >= 4 is 29.1 Å². The van der Waals surface area contributed by atoms with Crippen molar-refractivity contribution in [3.05, 3.63) is 40.6 Å². The highest BCUT2D eigenvalue weighted by atomic mass is 16.2. The van der Waals surface area contributed by atoms with Gasteiger partial charge in [0.2, 0.25) is 11.8 Å². The molecule has 0 spiro atoms. The van der Waals surface area contributed by atoms with Gasteiger partial charge in [0.25, 0.3) is 5.91 Å². The van der Waals surface area contributed by atoms with Crippen molar-refractivity contribution < 1.29 is 14.4 Å². The van der Waals surface area contributed by atoms with Gasteiger partial charge in [0.1, 0.15) is 12.2 Å². The fourth-order valence-corrected chi connectivity index (χ4v) is 5.16. The number of rotatable bonds is 4. The minimum atomic E-state index is -0.239. The summed E-state index contributed by atoms with van der Waals surface area (Å²) < 4.78 is 0. The molecule has 0 aromatic heterocycles. The Morgan fingerprint density at radius 3 is 2.42 bits per heavy atom. The highest BCUT2D eigenvalue weighted by molar-refractivity contribution is 6.09. The van der Waals surface area contributed by atoms with Crippen molar-refractivity contribution in [2.24, 2.45) is 10.7 Å². The van der Waals surface area contributed by atoms with E-state index in [1.807, 2.05) is 4.90 Å². The van der Waals surface area contributed by atoms with Crippen LogP contribution in [0.15, 0.2) is 34.5 Å². The molecule has 1 aromatic rings. The van der Waals surface area contributed by atoms with Crippen LogP contribution in [0.25, 0.3) is 0 Å². The molecule has 3 amide bonds. The fourth-order valence-electron chi connectivity index (χ4n) is 5.16. The largest absolute Gasteiger partial charge is 0.394 e. The molecule has 194 valence electrons. The van der Waals surface area contributed by atoms with Crippen LogP contribution in [0.4, 0.5) is 5.69 Å². The van der Waals surface area contributed by atoms with E-state index in [1.54, 1.807) is 16.8 Å². The van der Waals surface area contributed by atoms with Gasteiger partial charge < -0.3 is 25.3 Å². The highest BCUT2D eigenvalue weighted by Crippen LogP contribution is 2.26. The lowest BCUT2D eigenvalue weighted by atomic mass is 10.1. The lowest BCUT2D eigenvalue weighted by Gasteiger charge is -2.37. The first-order valence-electron chi connectivity index (χ1n) is 12.9. The van der Waals surface area contributed by atoms with E-state index >= 15 is 0 Å². The van der Waals surface area contributed by atoms with E-state index < -0.39 is 0 Å². The Balaban J connectivity index is 1.36. The SMILES string of the molecule is Cc1cccc(N2CCN(C(=O)CN=C3CCCC3=C(N)C(=O)N3CCC(=O)N(C)CC3)CC2)c1C. The van der Waals surface area contributed by atoms with Gasteiger partial charge in [-0.15, -0.1) is 0 Å². The van der Waals surface area contributed by atoms with Crippen molar-refractivity contribution in [2.75, 3.05) is 64.3 Å². The minimum absolute atomic E-state index is 0.00771. The maximum absolute atomic E-state index is 13.1. The number of nitrogens with two attached hydrogens (primary N) is 1. The normalized spacial score (nSPS) is 21.8. The van der Waals surface area contributed by atoms with Crippen LogP contribution in [0.1, 0.15) is 36.8 Å². The number of allylic oxidation sites excluding steroid dienone is 1. The predicted octanol–water partition coefficient (Wildman–Crippen LogP) is 1.48. The monoisotopic (exact) mass is 494 g/mol. The van der Waals surface area contributed by atoms with Gasteiger partial charge in [-0.05, 0) is 50.3 Å². The van der Waals surface area contributed by atoms with Gasteiger partial charge in [-0.2, -0.15) is 0 Å². The number of aliphatic imine (C=N–C) groups is 1. The zero-order chi connectivity index (χ0) is 25.8. The van der Waals surface area contributed by atoms with E-state index in [0.717, 1.165) is 37.2 Å². The molecule has 2 N–H and O–H groups in total. The zero-order valence-corrected chi connectivity index (χ0v) is 21.8. The van der Waals surface area contributed by atoms with E-state index in [-0.39, 0.29) is 30.0 Å². The van der Waals surface area contributed by atoms with Crippen LogP contribution >= 0.6 is 0 Å². The number of hydrogen-bond donors (Lipinski definition) is 1. The molecule has 2 heterocycles. The molecule has 3 fully saturated rings. The van der Waals surface area contributed by atoms with E-state index in [2.05, 4.69) is 41.9 Å². The Hall–Kier alpha value is -3.36. The number of amides is 3. The third kappa shape index (κ3) is 5.55. The Kier molecular flexibility index (Phi) is 7.96. The second-order valence-electron chi connectivity index (χ2n) is 9.95. The van der Waals surface area contributed by atoms with Crippen LogP contribution in [0.2, 0.25) is 0 Å². The Morgan fingerprint density at radius 2 is 1.67 bits per heavy atom. The third-order valence-electron chi connectivity index (χ3n) is 7.71. The van der Waals surface area contributed by atoms with Gasteiger partial charge >= 0.3 is 0 Å². The molecular weight excluding hydrogens is 456 g/mol. The number of aryl methyl sites for hydroxylation is 1. The van der Waals surface area contributed by atoms with Gasteiger partial charge in [0.05, 0.1) is 0 Å². The Labute approximate surface area is 213 Å².